The molecule has 0 heterocycles. The molecular formula is C17H19BrFNO. The minimum atomic E-state index is -0.264. The molecule has 0 aliphatic rings. The molecule has 0 aliphatic heterocycles. The maximum atomic E-state index is 13.8. The summed E-state index contributed by atoms with van der Waals surface area (Å²) in [7, 11) is 1.86. The Morgan fingerprint density at radius 1 is 1.24 bits per heavy atom. The van der Waals surface area contributed by atoms with Crippen molar-refractivity contribution >= 4 is 15.9 Å². The molecular weight excluding hydrogens is 333 g/mol. The summed E-state index contributed by atoms with van der Waals surface area (Å²) in [6.45, 7) is 2.74. The van der Waals surface area contributed by atoms with E-state index in [2.05, 4.69) is 28.2 Å². The average Bonchev–Trinajstić information content (AvgIpc) is 2.50. The van der Waals surface area contributed by atoms with Crippen LogP contribution in [0.4, 0.5) is 4.39 Å². The Kier molecular flexibility index (Phi) is 5.76. The third kappa shape index (κ3) is 3.83. The van der Waals surface area contributed by atoms with Gasteiger partial charge in [0.05, 0.1) is 17.1 Å². The molecule has 0 saturated carbocycles. The van der Waals surface area contributed by atoms with Crippen LogP contribution >= 0.6 is 15.9 Å². The zero-order valence-corrected chi connectivity index (χ0v) is 13.8. The summed E-state index contributed by atoms with van der Waals surface area (Å²) >= 11 is 3.19. The minimum absolute atomic E-state index is 0.111. The van der Waals surface area contributed by atoms with Gasteiger partial charge in [0.25, 0.3) is 0 Å². The summed E-state index contributed by atoms with van der Waals surface area (Å²) in [6, 6.07) is 12.9. The number of halogens is 2. The molecule has 2 rings (SSSR count). The molecule has 1 unspecified atom stereocenters. The van der Waals surface area contributed by atoms with E-state index in [-0.39, 0.29) is 11.9 Å². The van der Waals surface area contributed by atoms with Gasteiger partial charge in [-0.1, -0.05) is 31.2 Å². The minimum Gasteiger partial charge on any atom is -0.493 e. The molecule has 0 fully saturated rings. The van der Waals surface area contributed by atoms with Gasteiger partial charge in [0, 0.05) is 5.56 Å². The predicted octanol–water partition coefficient (Wildman–Crippen LogP) is 4.69. The predicted molar refractivity (Wildman–Crippen MR) is 87.2 cm³/mol. The lowest BCUT2D eigenvalue weighted by molar-refractivity contribution is 0.312. The summed E-state index contributed by atoms with van der Waals surface area (Å²) in [6.07, 6.45) is 0.950. The topological polar surface area (TPSA) is 21.3 Å². The Balaban J connectivity index is 2.38. The zero-order valence-electron chi connectivity index (χ0n) is 12.2. The first-order chi connectivity index (χ1) is 10.2. The van der Waals surface area contributed by atoms with Crippen LogP contribution in [0.15, 0.2) is 46.9 Å². The normalized spacial score (nSPS) is 12.2. The summed E-state index contributed by atoms with van der Waals surface area (Å²) in [5.74, 6) is 0.571. The number of hydrogen-bond acceptors (Lipinski definition) is 2. The third-order valence-electron chi connectivity index (χ3n) is 3.26. The van der Waals surface area contributed by atoms with E-state index >= 15 is 0 Å². The highest BCUT2D eigenvalue weighted by Crippen LogP contribution is 2.31. The number of hydrogen-bond donors (Lipinski definition) is 1. The molecule has 0 amide bonds. The number of ether oxygens (including phenoxy) is 1. The number of nitrogens with one attached hydrogen (secondary N) is 1. The third-order valence-corrected chi connectivity index (χ3v) is 3.90. The highest BCUT2D eigenvalue weighted by atomic mass is 79.9. The van der Waals surface area contributed by atoms with Crippen molar-refractivity contribution < 1.29 is 9.13 Å². The van der Waals surface area contributed by atoms with E-state index in [9.17, 15) is 4.39 Å². The van der Waals surface area contributed by atoms with Crippen LogP contribution in [0.25, 0.3) is 0 Å². The Morgan fingerprint density at radius 2 is 2.00 bits per heavy atom. The van der Waals surface area contributed by atoms with E-state index in [1.54, 1.807) is 12.1 Å². The summed E-state index contributed by atoms with van der Waals surface area (Å²) < 4.78 is 20.1. The largest absolute Gasteiger partial charge is 0.493 e. The maximum Gasteiger partial charge on any atom is 0.137 e. The first kappa shape index (κ1) is 16.0. The molecule has 112 valence electrons. The molecule has 1 N–H and O–H groups in total. The smallest absolute Gasteiger partial charge is 0.137 e. The molecule has 2 aromatic rings. The zero-order chi connectivity index (χ0) is 15.2. The van der Waals surface area contributed by atoms with E-state index in [0.717, 1.165) is 23.3 Å². The van der Waals surface area contributed by atoms with E-state index in [0.29, 0.717) is 11.1 Å². The van der Waals surface area contributed by atoms with Gasteiger partial charge >= 0.3 is 0 Å². The molecule has 0 radical (unpaired) electrons. The lowest BCUT2D eigenvalue weighted by Crippen LogP contribution is -2.19. The van der Waals surface area contributed by atoms with Gasteiger partial charge in [0.1, 0.15) is 11.6 Å². The van der Waals surface area contributed by atoms with E-state index in [1.165, 1.54) is 0 Å². The fraction of sp³-hybridized carbons (Fsp3) is 0.294. The second-order valence-electron chi connectivity index (χ2n) is 4.78. The molecule has 2 nitrogen and oxygen atoms in total. The number of para-hydroxylation sites is 1. The van der Waals surface area contributed by atoms with Crippen molar-refractivity contribution in [2.24, 2.45) is 0 Å². The van der Waals surface area contributed by atoms with Crippen molar-refractivity contribution in [3.05, 3.63) is 63.9 Å². The maximum absolute atomic E-state index is 13.8. The van der Waals surface area contributed by atoms with Crippen molar-refractivity contribution in [1.29, 1.82) is 0 Å². The molecule has 0 bridgehead atoms. The SMILES string of the molecule is CCCOc1ccccc1C(NC)c1ccc(Br)c(F)c1. The lowest BCUT2D eigenvalue weighted by atomic mass is 9.98. The first-order valence-corrected chi connectivity index (χ1v) is 7.80. The molecule has 0 saturated heterocycles. The van der Waals surface area contributed by atoms with Gasteiger partial charge in [0.15, 0.2) is 0 Å². The Hall–Kier alpha value is -1.39. The molecule has 21 heavy (non-hydrogen) atoms. The Morgan fingerprint density at radius 3 is 2.67 bits per heavy atom. The second kappa shape index (κ2) is 7.57. The van der Waals surface area contributed by atoms with E-state index in [1.807, 2.05) is 37.4 Å². The standard InChI is InChI=1S/C17H19BrFNO/c1-3-10-21-16-7-5-4-6-13(16)17(20-2)12-8-9-14(18)15(19)11-12/h4-9,11,17,20H,3,10H2,1-2H3. The van der Waals surface area contributed by atoms with Crippen LogP contribution in [0.1, 0.15) is 30.5 Å². The van der Waals surface area contributed by atoms with Crippen molar-refractivity contribution in [3.63, 3.8) is 0 Å². The molecule has 0 aromatic heterocycles. The number of benzene rings is 2. The van der Waals surface area contributed by atoms with Gasteiger partial charge in [-0.25, -0.2) is 4.39 Å². The quantitative estimate of drug-likeness (QED) is 0.815. The lowest BCUT2D eigenvalue weighted by Gasteiger charge is -2.21. The Bertz CT molecular complexity index is 603. The first-order valence-electron chi connectivity index (χ1n) is 7.01. The second-order valence-corrected chi connectivity index (χ2v) is 5.64. The van der Waals surface area contributed by atoms with Crippen LogP contribution in [0.5, 0.6) is 5.75 Å². The molecule has 2 aromatic carbocycles. The highest BCUT2D eigenvalue weighted by Gasteiger charge is 2.17. The van der Waals surface area contributed by atoms with Crippen LogP contribution in [-0.2, 0) is 0 Å². The van der Waals surface area contributed by atoms with Crippen molar-refractivity contribution in [2.75, 3.05) is 13.7 Å². The van der Waals surface area contributed by atoms with Crippen molar-refractivity contribution in [3.8, 4) is 5.75 Å². The van der Waals surface area contributed by atoms with Gasteiger partial charge in [0.2, 0.25) is 0 Å². The average molecular weight is 352 g/mol. The summed E-state index contributed by atoms with van der Waals surface area (Å²) in [5, 5.41) is 3.24. The number of rotatable bonds is 6. The van der Waals surface area contributed by atoms with Crippen molar-refractivity contribution in [2.45, 2.75) is 19.4 Å². The summed E-state index contributed by atoms with van der Waals surface area (Å²) in [4.78, 5) is 0. The van der Waals surface area contributed by atoms with Gasteiger partial charge in [-0.2, -0.15) is 0 Å². The molecule has 0 spiro atoms. The van der Waals surface area contributed by atoms with E-state index < -0.39 is 0 Å². The van der Waals surface area contributed by atoms with Crippen molar-refractivity contribution in [1.82, 2.24) is 5.32 Å². The Labute approximate surface area is 133 Å². The van der Waals surface area contributed by atoms with Gasteiger partial charge in [-0.3, -0.25) is 0 Å². The van der Waals surface area contributed by atoms with Crippen LogP contribution in [-0.4, -0.2) is 13.7 Å². The summed E-state index contributed by atoms with van der Waals surface area (Å²) in [5.41, 5.74) is 1.88. The van der Waals surface area contributed by atoms with Crippen LogP contribution in [0, 0.1) is 5.82 Å². The molecule has 0 aliphatic carbocycles. The van der Waals surface area contributed by atoms with Crippen LogP contribution < -0.4 is 10.1 Å². The van der Waals surface area contributed by atoms with Crippen LogP contribution in [0.2, 0.25) is 0 Å². The van der Waals surface area contributed by atoms with E-state index in [4.69, 9.17) is 4.74 Å². The fourth-order valence-corrected chi connectivity index (χ4v) is 2.50. The van der Waals surface area contributed by atoms with Gasteiger partial charge < -0.3 is 10.1 Å². The monoisotopic (exact) mass is 351 g/mol. The molecule has 1 atom stereocenters. The fourth-order valence-electron chi connectivity index (χ4n) is 2.26. The van der Waals surface area contributed by atoms with Gasteiger partial charge in [-0.05, 0) is 53.2 Å². The molecule has 4 heteroatoms. The van der Waals surface area contributed by atoms with Crippen LogP contribution in [0.3, 0.4) is 0 Å². The van der Waals surface area contributed by atoms with Gasteiger partial charge in [-0.15, -0.1) is 0 Å². The highest BCUT2D eigenvalue weighted by molar-refractivity contribution is 9.10.